The molecule has 10 heteroatoms. The van der Waals surface area contributed by atoms with E-state index in [1.165, 1.54) is 13.2 Å². The van der Waals surface area contributed by atoms with Crippen molar-refractivity contribution in [2.45, 2.75) is 29.6 Å². The number of nitrogens with zero attached hydrogens (tertiary/aromatic N) is 1. The van der Waals surface area contributed by atoms with Crippen LogP contribution in [-0.4, -0.2) is 65.8 Å². The summed E-state index contributed by atoms with van der Waals surface area (Å²) in [5.74, 6) is 0.683. The molecule has 0 bridgehead atoms. The van der Waals surface area contributed by atoms with E-state index in [1.807, 2.05) is 0 Å². The van der Waals surface area contributed by atoms with E-state index in [1.54, 1.807) is 30.3 Å². The maximum absolute atomic E-state index is 13.2. The average Bonchev–Trinajstić information content (AvgIpc) is 3.11. The fraction of sp³-hybridized carbons (Fsp3) is 0.458. The molecule has 1 spiro atoms. The van der Waals surface area contributed by atoms with Gasteiger partial charge >= 0.3 is 0 Å². The SMILES string of the molecule is COc1ccccc1S(=O)(=O)Nc1cc(OCCN2CCOCC2)c2c(c1)C1(CCC1)C(=O)N2. The van der Waals surface area contributed by atoms with Crippen LogP contribution in [0.5, 0.6) is 11.5 Å². The minimum Gasteiger partial charge on any atom is -0.495 e. The van der Waals surface area contributed by atoms with Gasteiger partial charge in [0.1, 0.15) is 23.0 Å². The van der Waals surface area contributed by atoms with Crippen molar-refractivity contribution < 1.29 is 27.4 Å². The average molecular weight is 488 g/mol. The molecule has 9 nitrogen and oxygen atoms in total. The molecule has 0 atom stereocenters. The van der Waals surface area contributed by atoms with Crippen LogP contribution in [0.3, 0.4) is 0 Å². The molecule has 1 aliphatic carbocycles. The number of morpholine rings is 1. The zero-order chi connectivity index (χ0) is 23.8. The second-order valence-electron chi connectivity index (χ2n) is 8.85. The third-order valence-electron chi connectivity index (χ3n) is 6.88. The van der Waals surface area contributed by atoms with Crippen LogP contribution < -0.4 is 19.5 Å². The molecule has 2 aliphatic heterocycles. The van der Waals surface area contributed by atoms with Crippen molar-refractivity contribution in [3.8, 4) is 11.5 Å². The summed E-state index contributed by atoms with van der Waals surface area (Å²) < 4.78 is 45.8. The molecule has 0 aromatic heterocycles. The van der Waals surface area contributed by atoms with Gasteiger partial charge in [0.05, 0.1) is 37.1 Å². The maximum Gasteiger partial charge on any atom is 0.265 e. The van der Waals surface area contributed by atoms with E-state index in [2.05, 4.69) is 14.9 Å². The lowest BCUT2D eigenvalue weighted by Crippen LogP contribution is -2.40. The first-order chi connectivity index (χ1) is 16.4. The number of ether oxygens (including phenoxy) is 3. The second-order valence-corrected chi connectivity index (χ2v) is 10.5. The van der Waals surface area contributed by atoms with E-state index in [4.69, 9.17) is 14.2 Å². The largest absolute Gasteiger partial charge is 0.495 e. The highest BCUT2D eigenvalue weighted by Gasteiger charge is 2.52. The summed E-state index contributed by atoms with van der Waals surface area (Å²) in [4.78, 5) is 15.2. The van der Waals surface area contributed by atoms with Crippen molar-refractivity contribution in [1.82, 2.24) is 4.90 Å². The summed E-state index contributed by atoms with van der Waals surface area (Å²) in [7, 11) is -2.49. The molecule has 5 rings (SSSR count). The van der Waals surface area contributed by atoms with Crippen LogP contribution in [0, 0.1) is 0 Å². The Morgan fingerprint density at radius 1 is 1.15 bits per heavy atom. The Bertz CT molecular complexity index is 1190. The molecule has 3 aliphatic rings. The first-order valence-electron chi connectivity index (χ1n) is 11.5. The Balaban J connectivity index is 1.44. The highest BCUT2D eigenvalue weighted by atomic mass is 32.2. The van der Waals surface area contributed by atoms with Crippen LogP contribution in [0.2, 0.25) is 0 Å². The van der Waals surface area contributed by atoms with Gasteiger partial charge in [-0.15, -0.1) is 0 Å². The summed E-state index contributed by atoms with van der Waals surface area (Å²) in [5.41, 5.74) is 1.19. The Kier molecular flexibility index (Phi) is 6.13. The molecule has 1 saturated carbocycles. The van der Waals surface area contributed by atoms with Gasteiger partial charge in [-0.25, -0.2) is 8.42 Å². The summed E-state index contributed by atoms with van der Waals surface area (Å²) in [5, 5.41) is 2.99. The first kappa shape index (κ1) is 22.9. The number of carbonyl (C=O) groups is 1. The van der Waals surface area contributed by atoms with E-state index in [0.717, 1.165) is 37.9 Å². The molecule has 2 fully saturated rings. The minimum atomic E-state index is -3.93. The zero-order valence-corrected chi connectivity index (χ0v) is 19.9. The molecule has 182 valence electrons. The molecule has 2 aromatic rings. The van der Waals surface area contributed by atoms with Gasteiger partial charge in [0.25, 0.3) is 10.0 Å². The van der Waals surface area contributed by atoms with Crippen molar-refractivity contribution in [1.29, 1.82) is 0 Å². The number of nitrogens with one attached hydrogen (secondary N) is 2. The van der Waals surface area contributed by atoms with Crippen LogP contribution in [0.15, 0.2) is 41.3 Å². The van der Waals surface area contributed by atoms with Gasteiger partial charge in [0.15, 0.2) is 0 Å². The summed E-state index contributed by atoms with van der Waals surface area (Å²) >= 11 is 0. The van der Waals surface area contributed by atoms with Crippen LogP contribution in [0.1, 0.15) is 24.8 Å². The molecule has 0 radical (unpaired) electrons. The van der Waals surface area contributed by atoms with Crippen molar-refractivity contribution in [2.24, 2.45) is 0 Å². The van der Waals surface area contributed by atoms with Gasteiger partial charge in [-0.3, -0.25) is 14.4 Å². The van der Waals surface area contributed by atoms with Gasteiger partial charge in [0, 0.05) is 25.7 Å². The van der Waals surface area contributed by atoms with Crippen molar-refractivity contribution >= 4 is 27.3 Å². The van der Waals surface area contributed by atoms with E-state index >= 15 is 0 Å². The summed E-state index contributed by atoms with van der Waals surface area (Å²) in [6.07, 6.45) is 2.43. The molecule has 2 heterocycles. The number of amides is 1. The lowest BCUT2D eigenvalue weighted by atomic mass is 9.65. The fourth-order valence-electron chi connectivity index (χ4n) is 4.84. The van der Waals surface area contributed by atoms with Crippen molar-refractivity contribution in [2.75, 3.05) is 56.6 Å². The van der Waals surface area contributed by atoms with E-state index in [9.17, 15) is 13.2 Å². The Morgan fingerprint density at radius 3 is 2.62 bits per heavy atom. The lowest BCUT2D eigenvalue weighted by Gasteiger charge is -2.36. The van der Waals surface area contributed by atoms with E-state index in [0.29, 0.717) is 43.5 Å². The molecule has 34 heavy (non-hydrogen) atoms. The Morgan fingerprint density at radius 2 is 1.91 bits per heavy atom. The topological polar surface area (TPSA) is 106 Å². The summed E-state index contributed by atoms with van der Waals surface area (Å²) in [6.45, 7) is 4.23. The van der Waals surface area contributed by atoms with Gasteiger partial charge in [-0.1, -0.05) is 18.6 Å². The Hall–Kier alpha value is -2.82. The number of fused-ring (bicyclic) bond motifs is 2. The predicted octanol–water partition coefficient (Wildman–Crippen LogP) is 2.58. The minimum absolute atomic E-state index is 0.0420. The van der Waals surface area contributed by atoms with Crippen LogP contribution in [0.4, 0.5) is 11.4 Å². The van der Waals surface area contributed by atoms with Gasteiger partial charge < -0.3 is 19.5 Å². The third kappa shape index (κ3) is 4.10. The number of carbonyl (C=O) groups excluding carboxylic acids is 1. The number of methoxy groups -OCH3 is 1. The second kappa shape index (κ2) is 9.09. The van der Waals surface area contributed by atoms with E-state index < -0.39 is 15.4 Å². The third-order valence-corrected chi connectivity index (χ3v) is 8.30. The zero-order valence-electron chi connectivity index (χ0n) is 19.1. The maximum atomic E-state index is 13.2. The fourth-order valence-corrected chi connectivity index (χ4v) is 6.05. The number of hydrogen-bond donors (Lipinski definition) is 2. The Labute approximate surface area is 199 Å². The molecule has 1 saturated heterocycles. The number of hydrogen-bond acceptors (Lipinski definition) is 7. The van der Waals surface area contributed by atoms with Crippen molar-refractivity contribution in [3.63, 3.8) is 0 Å². The highest BCUT2D eigenvalue weighted by Crippen LogP contribution is 2.54. The highest BCUT2D eigenvalue weighted by molar-refractivity contribution is 7.92. The van der Waals surface area contributed by atoms with Crippen LogP contribution in [-0.2, 0) is 25.0 Å². The molecule has 1 amide bonds. The van der Waals surface area contributed by atoms with E-state index in [-0.39, 0.29) is 16.6 Å². The van der Waals surface area contributed by atoms with Gasteiger partial charge in [-0.05, 0) is 36.6 Å². The number of anilines is 2. The molecule has 2 aromatic carbocycles. The lowest BCUT2D eigenvalue weighted by molar-refractivity contribution is -0.123. The number of benzene rings is 2. The van der Waals surface area contributed by atoms with Crippen LogP contribution >= 0.6 is 0 Å². The summed E-state index contributed by atoms with van der Waals surface area (Å²) in [6, 6.07) is 9.85. The monoisotopic (exact) mass is 487 g/mol. The quantitative estimate of drug-likeness (QED) is 0.590. The van der Waals surface area contributed by atoms with Crippen LogP contribution in [0.25, 0.3) is 0 Å². The first-order valence-corrected chi connectivity index (χ1v) is 13.0. The van der Waals surface area contributed by atoms with Crippen molar-refractivity contribution in [3.05, 3.63) is 42.0 Å². The normalized spacial score (nSPS) is 19.3. The molecule has 2 N–H and O–H groups in total. The number of para-hydroxylation sites is 1. The molecule has 0 unspecified atom stereocenters. The van der Waals surface area contributed by atoms with Gasteiger partial charge in [0.2, 0.25) is 5.91 Å². The standard InChI is InChI=1S/C24H29N3O6S/c1-31-19-5-2-3-6-21(19)34(29,30)26-17-15-18-22(25-23(28)24(18)7-4-8-24)20(16-17)33-14-11-27-9-12-32-13-10-27/h2-3,5-6,15-16,26H,4,7-14H2,1H3,(H,25,28). The molecular formula is C24H29N3O6S. The predicted molar refractivity (Wildman–Crippen MR) is 127 cm³/mol. The number of sulfonamides is 1. The number of rotatable bonds is 8. The molecular weight excluding hydrogens is 458 g/mol. The van der Waals surface area contributed by atoms with Gasteiger partial charge in [-0.2, -0.15) is 0 Å². The smallest absolute Gasteiger partial charge is 0.265 e.